The summed E-state index contributed by atoms with van der Waals surface area (Å²) in [6, 6.07) is 0. The molecule has 0 radical (unpaired) electrons. The fourth-order valence-corrected chi connectivity index (χ4v) is 21.3. The van der Waals surface area contributed by atoms with E-state index in [4.69, 9.17) is 12.5 Å². The summed E-state index contributed by atoms with van der Waals surface area (Å²) in [6.45, 7) is 13.6. The predicted octanol–water partition coefficient (Wildman–Crippen LogP) is 8.38. The Hall–Kier alpha value is -0.701. The van der Waals surface area contributed by atoms with Gasteiger partial charge in [0.15, 0.2) is 0 Å². The molecule has 38 heavy (non-hydrogen) atoms. The second-order valence-corrected chi connectivity index (χ2v) is 27.0. The van der Waals surface area contributed by atoms with Crippen LogP contribution < -0.4 is 0 Å². The summed E-state index contributed by atoms with van der Waals surface area (Å²) < 4.78 is 18.9. The summed E-state index contributed by atoms with van der Waals surface area (Å²) in [6.07, 6.45) is 14.9. The van der Waals surface area contributed by atoms with E-state index in [9.17, 15) is 14.4 Å². The van der Waals surface area contributed by atoms with Gasteiger partial charge in [-0.05, 0) is 0 Å². The molecule has 0 aliphatic carbocycles. The van der Waals surface area contributed by atoms with E-state index in [0.717, 1.165) is 85.9 Å². The maximum absolute atomic E-state index is 12.8. The fraction of sp³-hybridized carbons (Fsp3) is 0.833. The third-order valence-electron chi connectivity index (χ3n) is 6.95. The molecule has 0 N–H and O–H groups in total. The maximum atomic E-state index is 12.8. The third-order valence-corrected chi connectivity index (χ3v) is 24.9. The van der Waals surface area contributed by atoms with Gasteiger partial charge < -0.3 is 0 Å². The van der Waals surface area contributed by atoms with Crippen LogP contribution in [0, 0.1) is 11.8 Å². The number of carbonyl (C=O) groups is 3. The van der Waals surface area contributed by atoms with Gasteiger partial charge >= 0.3 is 242 Å². The van der Waals surface area contributed by atoms with Gasteiger partial charge in [0.2, 0.25) is 0 Å². The van der Waals surface area contributed by atoms with Crippen LogP contribution in [0.5, 0.6) is 0 Å². The molecular formula is C30H56O6SSn. The van der Waals surface area contributed by atoms with E-state index in [1.165, 1.54) is 12.2 Å². The molecular weight excluding hydrogens is 607 g/mol. The van der Waals surface area contributed by atoms with Crippen molar-refractivity contribution in [3.05, 3.63) is 12.2 Å². The van der Waals surface area contributed by atoms with Crippen molar-refractivity contribution >= 4 is 44.3 Å². The average Bonchev–Trinajstić information content (AvgIpc) is 2.92. The van der Waals surface area contributed by atoms with Gasteiger partial charge in [-0.15, -0.1) is 0 Å². The van der Waals surface area contributed by atoms with Crippen molar-refractivity contribution in [1.82, 2.24) is 0 Å². The van der Waals surface area contributed by atoms with Crippen LogP contribution in [0.2, 0.25) is 8.87 Å². The second-order valence-electron chi connectivity index (χ2n) is 10.3. The van der Waals surface area contributed by atoms with Gasteiger partial charge in [-0.2, -0.15) is 0 Å². The second kappa shape index (κ2) is 24.1. The molecule has 0 spiro atoms. The normalized spacial score (nSPS) is 13.3. The van der Waals surface area contributed by atoms with E-state index < -0.39 is 29.3 Å². The van der Waals surface area contributed by atoms with Crippen molar-refractivity contribution in [1.29, 1.82) is 0 Å². The molecule has 0 bridgehead atoms. The summed E-state index contributed by atoms with van der Waals surface area (Å²) in [5.41, 5.74) is 0. The summed E-state index contributed by atoms with van der Waals surface area (Å²) in [5.74, 6) is -0.245. The molecule has 0 unspecified atom stereocenters. The monoisotopic (exact) mass is 664 g/mol. The Bertz CT molecular complexity index is 661. The Labute approximate surface area is 240 Å². The molecule has 6 nitrogen and oxygen atoms in total. The van der Waals surface area contributed by atoms with Crippen molar-refractivity contribution < 1.29 is 26.9 Å². The predicted molar refractivity (Wildman–Crippen MR) is 161 cm³/mol. The van der Waals surface area contributed by atoms with Gasteiger partial charge in [0.25, 0.3) is 0 Å². The number of hydrogen-bond donors (Lipinski definition) is 0. The molecule has 0 aromatic heterocycles. The quantitative estimate of drug-likeness (QED) is 0.0583. The molecule has 0 saturated carbocycles. The number of ether oxygens (including phenoxy) is 2. The summed E-state index contributed by atoms with van der Waals surface area (Å²) in [5, 5.41) is 0. The van der Waals surface area contributed by atoms with Crippen molar-refractivity contribution in [2.45, 2.75) is 127 Å². The Morgan fingerprint density at radius 3 is 1.63 bits per heavy atom. The molecule has 0 aromatic rings. The van der Waals surface area contributed by atoms with Crippen LogP contribution in [0.25, 0.3) is 0 Å². The molecule has 0 amide bonds. The Morgan fingerprint density at radius 1 is 0.684 bits per heavy atom. The van der Waals surface area contributed by atoms with Crippen molar-refractivity contribution in [2.75, 3.05) is 19.0 Å². The molecule has 222 valence electrons. The van der Waals surface area contributed by atoms with Crippen LogP contribution in [-0.4, -0.2) is 54.3 Å². The minimum atomic E-state index is -3.53. The standard InChI is InChI=1S/C12H20O4.C10H20O2S.2C4H9.Sn/c1-3-5-6-10(4-2)9-16-12(15)8-7-11(13)14;1-3-5-6-9(4-2)7-12-10(11)8-13;2*1-3-4-2;/h7-8,10H,3-6,9H2,1-2H3,(H,13,14);9,13H,3-8H2,1-2H3;2*1,3-4H2,2H3;/q;;;;+2/p-2/b8-7-;;;;/t10-;9-;;;/m00.../s1. The van der Waals surface area contributed by atoms with Gasteiger partial charge in [-0.3, -0.25) is 0 Å². The first-order chi connectivity index (χ1) is 18.3. The molecule has 2 atom stereocenters. The van der Waals surface area contributed by atoms with Crippen LogP contribution in [-0.2, 0) is 26.9 Å². The zero-order valence-corrected chi connectivity index (χ0v) is 28.9. The van der Waals surface area contributed by atoms with Gasteiger partial charge in [0.1, 0.15) is 0 Å². The number of hydrogen-bond acceptors (Lipinski definition) is 7. The number of esters is 2. The van der Waals surface area contributed by atoms with Gasteiger partial charge in [0, 0.05) is 0 Å². The average molecular weight is 664 g/mol. The first-order valence-corrected chi connectivity index (χ1v) is 24.8. The molecule has 0 fully saturated rings. The van der Waals surface area contributed by atoms with Gasteiger partial charge in [-0.1, -0.05) is 0 Å². The van der Waals surface area contributed by atoms with E-state index in [1.807, 2.05) is 0 Å². The Kier molecular flexibility index (Phi) is 23.7. The van der Waals surface area contributed by atoms with Crippen LogP contribution in [0.15, 0.2) is 12.2 Å². The number of unbranched alkanes of at least 4 members (excludes halogenated alkanes) is 4. The van der Waals surface area contributed by atoms with E-state index >= 15 is 0 Å². The van der Waals surface area contributed by atoms with Crippen LogP contribution in [0.4, 0.5) is 0 Å². The van der Waals surface area contributed by atoms with Crippen molar-refractivity contribution in [3.8, 4) is 0 Å². The van der Waals surface area contributed by atoms with Gasteiger partial charge in [0.05, 0.1) is 0 Å². The molecule has 0 rings (SSSR count). The molecule has 0 aromatic carbocycles. The van der Waals surface area contributed by atoms with E-state index in [0.29, 0.717) is 25.0 Å². The fourth-order valence-electron chi connectivity index (χ4n) is 4.13. The zero-order chi connectivity index (χ0) is 28.7. The molecule has 0 heterocycles. The first-order valence-electron chi connectivity index (χ1n) is 15.2. The molecule has 0 saturated heterocycles. The summed E-state index contributed by atoms with van der Waals surface area (Å²) >= 11 is -3.53. The van der Waals surface area contributed by atoms with Crippen molar-refractivity contribution in [2.24, 2.45) is 11.8 Å². The minimum absolute atomic E-state index is 0.220. The van der Waals surface area contributed by atoms with Crippen LogP contribution in [0.3, 0.4) is 0 Å². The zero-order valence-electron chi connectivity index (χ0n) is 25.2. The topological polar surface area (TPSA) is 78.9 Å². The molecule has 0 aliphatic heterocycles. The molecule has 0 aliphatic rings. The van der Waals surface area contributed by atoms with Crippen LogP contribution in [0.1, 0.15) is 119 Å². The van der Waals surface area contributed by atoms with Crippen LogP contribution >= 0.6 is 8.95 Å². The number of carbonyl (C=O) groups excluding carboxylic acids is 3. The third kappa shape index (κ3) is 18.6. The SMILES string of the molecule is CCCC[C@H](CC)COC(=O)/C=C\C(=O)[O][Sn]([CH2]CCC)([CH2]CCC)[S]CC(=O)OC[C@@H](CC)CCCC. The first kappa shape index (κ1) is 37.3. The Morgan fingerprint density at radius 2 is 1.16 bits per heavy atom. The van der Waals surface area contributed by atoms with E-state index in [-0.39, 0.29) is 11.7 Å². The summed E-state index contributed by atoms with van der Waals surface area (Å²) in [4.78, 5) is 37.7. The van der Waals surface area contributed by atoms with E-state index in [2.05, 4.69) is 41.5 Å². The van der Waals surface area contributed by atoms with Crippen molar-refractivity contribution in [3.63, 3.8) is 0 Å². The van der Waals surface area contributed by atoms with Gasteiger partial charge in [-0.25, -0.2) is 0 Å². The Balaban J connectivity index is 5.13. The number of rotatable bonds is 24. The molecule has 8 heteroatoms. The summed E-state index contributed by atoms with van der Waals surface area (Å²) in [7, 11) is 1.56. The van der Waals surface area contributed by atoms with E-state index in [1.54, 1.807) is 8.95 Å².